The Morgan fingerprint density at radius 3 is 1.01 bits per heavy atom. The molecule has 139 heavy (non-hydrogen) atoms. The van der Waals surface area contributed by atoms with Crippen LogP contribution in [-0.4, -0.2) is 70.0 Å². The Labute approximate surface area is 845 Å². The summed E-state index contributed by atoms with van der Waals surface area (Å²) in [6.45, 7) is 7.79. The van der Waals surface area contributed by atoms with E-state index in [0.717, 1.165) is 93.6 Å². The number of thiazole rings is 6. The molecule has 31 heteroatoms. The number of carbonyl (C=O) groups excluding carboxylic acids is 6. The molecule has 0 fully saturated rings. The molecule has 0 saturated carbocycles. The van der Waals surface area contributed by atoms with Crippen LogP contribution in [0.4, 0.5) is 13.2 Å². The number of rotatable bonds is 13. The van der Waals surface area contributed by atoms with Crippen LogP contribution in [0.25, 0.3) is 67.5 Å². The summed E-state index contributed by atoms with van der Waals surface area (Å²) in [5.41, 5.74) is 17.0. The van der Waals surface area contributed by atoms with Crippen LogP contribution < -0.4 is 33.5 Å². The van der Waals surface area contributed by atoms with Gasteiger partial charge in [-0.05, 0) is 195 Å². The van der Waals surface area contributed by atoms with Gasteiger partial charge in [0.1, 0.15) is 5.75 Å². The van der Waals surface area contributed by atoms with E-state index in [9.17, 15) is 41.9 Å². The topological polar surface area (TPSA) is 215 Å². The van der Waals surface area contributed by atoms with Gasteiger partial charge in [-0.1, -0.05) is 225 Å². The summed E-state index contributed by atoms with van der Waals surface area (Å²) in [6, 6.07) is 96.1. The molecule has 12 aromatic carbocycles. The average Bonchev–Trinajstić information content (AvgIpc) is 1.67. The van der Waals surface area contributed by atoms with Gasteiger partial charge in [0.05, 0.1) is 46.8 Å². The number of methoxy groups -OCH3 is 1. The fourth-order valence-electron chi connectivity index (χ4n) is 13.9. The summed E-state index contributed by atoms with van der Waals surface area (Å²) in [4.78, 5) is 104. The van der Waals surface area contributed by atoms with Gasteiger partial charge in [0.25, 0.3) is 35.4 Å². The lowest BCUT2D eigenvalue weighted by Gasteiger charge is -2.11. The SMILES string of the molecule is COc1cc(-c2csc(=NC(=O)c3ccccc3)n2C)cc(C)c1C.Cc1cc(-c2csc(=NC(=O)c3ccccc3)n2C)cc(C(F)(F)F)c1.Cc1sc(=NC(=O)c2ccccc2)n(C)c1-c1ccccc1.Cn1c(-c2ccc(Br)cc2)csc1=NC(=O)c1ccccc1.Cn1c(-c2cccc(Br)c2)csc1=NC(=O)c1ccccc1.Cn1c(-c2ccccc2Cl)csc1=NC(=O)c1ccccc1. The molecule has 0 aliphatic heterocycles. The normalized spacial score (nSPS) is 11.8. The summed E-state index contributed by atoms with van der Waals surface area (Å²) in [5, 5.41) is 10.4. The molecular weight excluding hydrogens is 2020 g/mol. The van der Waals surface area contributed by atoms with E-state index < -0.39 is 17.6 Å². The van der Waals surface area contributed by atoms with Gasteiger partial charge in [0.2, 0.25) is 0 Å². The second kappa shape index (κ2) is 48.4. The predicted octanol–water partition coefficient (Wildman–Crippen LogP) is 25.4. The molecule has 0 aliphatic rings. The Morgan fingerprint density at radius 1 is 0.324 bits per heavy atom. The Kier molecular flexibility index (Phi) is 35.7. The first-order valence-corrected chi connectivity index (χ1v) is 50.0. The minimum atomic E-state index is -4.41. The smallest absolute Gasteiger partial charge is 0.416 e. The standard InChI is InChI=1S/C20H20N2O2S.C19H15F3N2OS.C18H16N2OS.2C17H13BrN2OS.C17H13ClN2OS/c1-13-10-16(11-18(24-4)14(13)2)17-12-25-20(22(17)3)21-19(23)15-8-6-5-7-9-15;1-12-8-14(10-15(9-12)19(20,21)22)16-11-26-18(24(16)2)23-17(25)13-6-4-3-5-7-13;1-13-16(14-9-5-3-6-10-14)20(2)18(22-13)19-17(21)15-11-7-4-8-12-15;1-20-15(13-8-5-9-14(18)10-13)11-22-17(20)19-16(21)12-6-3-2-4-7-12;1-20-15(12-7-9-14(18)10-8-12)11-22-17(20)19-16(21)13-5-3-2-4-6-13;1-20-15(13-9-5-6-10-14(13)18)11-22-17(20)19-16(21)12-7-3-2-4-8-12/h5-12H,1-4H3;3-11H,1-2H3;3-12H,1-2H3;3*2-11H,1H3. The van der Waals surface area contributed by atoms with Gasteiger partial charge in [0.15, 0.2) is 28.8 Å². The maximum Gasteiger partial charge on any atom is 0.416 e. The number of ether oxygens (including phenoxy) is 1. The highest BCUT2D eigenvalue weighted by atomic mass is 79.9. The highest BCUT2D eigenvalue weighted by Crippen LogP contribution is 2.36. The largest absolute Gasteiger partial charge is 0.496 e. The molecule has 19 nitrogen and oxygen atoms in total. The highest BCUT2D eigenvalue weighted by Gasteiger charge is 2.31. The summed E-state index contributed by atoms with van der Waals surface area (Å²) in [6.07, 6.45) is -4.41. The van der Waals surface area contributed by atoms with E-state index in [1.807, 2.05) is 275 Å². The minimum Gasteiger partial charge on any atom is -0.496 e. The highest BCUT2D eigenvalue weighted by molar-refractivity contribution is 9.10. The van der Waals surface area contributed by atoms with Crippen molar-refractivity contribution in [1.82, 2.24) is 27.4 Å². The van der Waals surface area contributed by atoms with Crippen molar-refractivity contribution in [2.75, 3.05) is 7.11 Å². The summed E-state index contributed by atoms with van der Waals surface area (Å²) in [5.74, 6) is -0.669. The molecule has 0 spiro atoms. The second-order valence-electron chi connectivity index (χ2n) is 30.9. The lowest BCUT2D eigenvalue weighted by atomic mass is 10.0. The fraction of sp³-hybridized carbons (Fsp3) is 0.111. The van der Waals surface area contributed by atoms with Crippen molar-refractivity contribution >= 4 is 147 Å². The van der Waals surface area contributed by atoms with Crippen LogP contribution in [0.3, 0.4) is 0 Å². The molecule has 0 radical (unpaired) electrons. The Balaban J connectivity index is 0.000000141. The van der Waals surface area contributed by atoms with E-state index in [0.29, 0.717) is 84.0 Å². The Morgan fingerprint density at radius 2 is 0.647 bits per heavy atom. The molecule has 0 atom stereocenters. The lowest BCUT2D eigenvalue weighted by Crippen LogP contribution is -2.14. The van der Waals surface area contributed by atoms with Crippen molar-refractivity contribution in [3.8, 4) is 73.3 Å². The Bertz CT molecular complexity index is 7900. The fourth-order valence-corrected chi connectivity index (χ4v) is 20.3. The van der Waals surface area contributed by atoms with Gasteiger partial charge in [-0.2, -0.15) is 43.1 Å². The molecule has 0 saturated heterocycles. The molecular formula is C108H90Br2ClF3N12O7S6. The number of halogens is 6. The van der Waals surface area contributed by atoms with Crippen LogP contribution in [0.2, 0.25) is 5.02 Å². The zero-order chi connectivity index (χ0) is 99.0. The molecule has 18 aromatic rings. The zero-order valence-electron chi connectivity index (χ0n) is 76.9. The van der Waals surface area contributed by atoms with Crippen molar-refractivity contribution < 1.29 is 46.7 Å². The quantitative estimate of drug-likeness (QED) is 0.109. The molecule has 0 unspecified atom stereocenters. The van der Waals surface area contributed by atoms with Gasteiger partial charge in [-0.15, -0.1) is 68.0 Å². The molecule has 18 rings (SSSR count). The van der Waals surface area contributed by atoms with Crippen molar-refractivity contribution in [3.05, 3.63) is 446 Å². The first-order chi connectivity index (χ1) is 66.9. The van der Waals surface area contributed by atoms with Gasteiger partial charge in [0, 0.05) is 138 Å². The van der Waals surface area contributed by atoms with Crippen LogP contribution >= 0.6 is 111 Å². The van der Waals surface area contributed by atoms with E-state index in [1.54, 1.807) is 128 Å². The van der Waals surface area contributed by atoms with Crippen molar-refractivity contribution in [3.63, 3.8) is 0 Å². The zero-order valence-corrected chi connectivity index (χ0v) is 85.7. The maximum absolute atomic E-state index is 13.1. The van der Waals surface area contributed by atoms with E-state index in [2.05, 4.69) is 93.9 Å². The molecule has 702 valence electrons. The first-order valence-electron chi connectivity index (χ1n) is 42.8. The molecule has 0 aliphatic carbocycles. The average molecular weight is 2110 g/mol. The number of hydrogen-bond donors (Lipinski definition) is 0. The maximum atomic E-state index is 13.1. The third-order valence-corrected chi connectivity index (χ3v) is 28.4. The third kappa shape index (κ3) is 26.9. The minimum absolute atomic E-state index is 0.211. The molecule has 6 heterocycles. The number of benzene rings is 12. The monoisotopic (exact) mass is 2110 g/mol. The van der Waals surface area contributed by atoms with Crippen molar-refractivity contribution in [2.45, 2.75) is 33.9 Å². The predicted molar refractivity (Wildman–Crippen MR) is 561 cm³/mol. The van der Waals surface area contributed by atoms with Crippen LogP contribution in [0.15, 0.2) is 381 Å². The lowest BCUT2D eigenvalue weighted by molar-refractivity contribution is -0.137. The number of aryl methyl sites for hydroxylation is 3. The van der Waals surface area contributed by atoms with E-state index in [-0.39, 0.29) is 29.5 Å². The number of alkyl halides is 3. The second-order valence-corrected chi connectivity index (χ2v) is 38.5. The number of aromatic nitrogens is 6. The third-order valence-electron chi connectivity index (χ3n) is 21.4. The number of amides is 6. The first kappa shape index (κ1) is 102. The van der Waals surface area contributed by atoms with Gasteiger partial charge < -0.3 is 32.1 Å². The number of nitrogens with zero attached hydrogens (tertiary/aromatic N) is 12. The molecule has 0 bridgehead atoms. The van der Waals surface area contributed by atoms with Crippen LogP contribution in [-0.2, 0) is 48.5 Å². The van der Waals surface area contributed by atoms with Crippen LogP contribution in [0.5, 0.6) is 5.75 Å². The van der Waals surface area contributed by atoms with Crippen molar-refractivity contribution in [1.29, 1.82) is 0 Å². The van der Waals surface area contributed by atoms with Crippen LogP contribution in [0.1, 0.15) is 89.3 Å². The van der Waals surface area contributed by atoms with E-state index in [4.69, 9.17) is 16.3 Å². The van der Waals surface area contributed by atoms with E-state index in [1.165, 1.54) is 73.6 Å². The Hall–Kier alpha value is -13.9. The summed E-state index contributed by atoms with van der Waals surface area (Å²) < 4.78 is 58.0. The molecule has 6 amide bonds. The van der Waals surface area contributed by atoms with Gasteiger partial charge in [-0.25, -0.2) is 0 Å². The molecule has 6 aromatic heterocycles. The number of carbonyl (C=O) groups is 6. The molecule has 0 N–H and O–H groups in total. The summed E-state index contributed by atoms with van der Waals surface area (Å²) >= 11 is 21.7. The van der Waals surface area contributed by atoms with Crippen molar-refractivity contribution in [2.24, 2.45) is 72.2 Å². The number of hydrogen-bond acceptors (Lipinski definition) is 13. The van der Waals surface area contributed by atoms with Gasteiger partial charge in [-0.3, -0.25) is 28.8 Å². The van der Waals surface area contributed by atoms with Crippen LogP contribution in [0, 0.1) is 27.7 Å². The van der Waals surface area contributed by atoms with Gasteiger partial charge >= 0.3 is 6.18 Å². The summed E-state index contributed by atoms with van der Waals surface area (Å²) in [7, 11) is 13.0. The van der Waals surface area contributed by atoms with E-state index >= 15 is 0 Å².